The molecule has 0 saturated carbocycles. The summed E-state index contributed by atoms with van der Waals surface area (Å²) in [6.45, 7) is 3.13. The van der Waals surface area contributed by atoms with Gasteiger partial charge in [-0.05, 0) is 60.5 Å². The van der Waals surface area contributed by atoms with Gasteiger partial charge in [-0.2, -0.15) is 0 Å². The van der Waals surface area contributed by atoms with E-state index >= 15 is 0 Å². The SMILES string of the molecule is CCCc1cc(=O)oc2c3c(ccc12)OCN(c1ccc(Oc2ccccc2)cc1)C3. The lowest BCUT2D eigenvalue weighted by atomic mass is 10.0. The predicted octanol–water partition coefficient (Wildman–Crippen LogP) is 5.89. The van der Waals surface area contributed by atoms with Crippen molar-refractivity contribution in [2.45, 2.75) is 26.3 Å². The fraction of sp³-hybridized carbons (Fsp3) is 0.192. The molecule has 0 fully saturated rings. The van der Waals surface area contributed by atoms with Crippen LogP contribution in [-0.2, 0) is 13.0 Å². The zero-order chi connectivity index (χ0) is 21.2. The van der Waals surface area contributed by atoms with Gasteiger partial charge >= 0.3 is 5.63 Å². The molecule has 3 aromatic carbocycles. The molecule has 0 spiro atoms. The van der Waals surface area contributed by atoms with Crippen LogP contribution in [0.2, 0.25) is 0 Å². The van der Waals surface area contributed by atoms with Gasteiger partial charge in [-0.1, -0.05) is 31.5 Å². The summed E-state index contributed by atoms with van der Waals surface area (Å²) >= 11 is 0. The fourth-order valence-corrected chi connectivity index (χ4v) is 3.99. The Labute approximate surface area is 180 Å². The van der Waals surface area contributed by atoms with Gasteiger partial charge in [-0.15, -0.1) is 0 Å². The van der Waals surface area contributed by atoms with Crippen LogP contribution in [0.4, 0.5) is 5.69 Å². The molecular weight excluding hydrogens is 390 g/mol. The van der Waals surface area contributed by atoms with E-state index in [0.717, 1.165) is 52.3 Å². The van der Waals surface area contributed by atoms with Crippen molar-refractivity contribution in [3.05, 3.63) is 94.3 Å². The molecule has 5 nitrogen and oxygen atoms in total. The summed E-state index contributed by atoms with van der Waals surface area (Å²) in [5, 5.41) is 0.984. The molecule has 1 aliphatic rings. The highest BCUT2D eigenvalue weighted by atomic mass is 16.5. The first kappa shape index (κ1) is 19.2. The first-order valence-corrected chi connectivity index (χ1v) is 10.5. The van der Waals surface area contributed by atoms with Crippen molar-refractivity contribution in [2.75, 3.05) is 11.6 Å². The van der Waals surface area contributed by atoms with Gasteiger partial charge < -0.3 is 18.8 Å². The molecule has 0 bridgehead atoms. The van der Waals surface area contributed by atoms with Crippen molar-refractivity contribution in [3.63, 3.8) is 0 Å². The minimum absolute atomic E-state index is 0.316. The summed E-state index contributed by atoms with van der Waals surface area (Å²) < 4.78 is 17.5. The Hall–Kier alpha value is -3.73. The highest BCUT2D eigenvalue weighted by Gasteiger charge is 2.22. The van der Waals surface area contributed by atoms with Crippen molar-refractivity contribution in [2.24, 2.45) is 0 Å². The lowest BCUT2D eigenvalue weighted by molar-refractivity contribution is 0.289. The zero-order valence-corrected chi connectivity index (χ0v) is 17.3. The molecule has 31 heavy (non-hydrogen) atoms. The number of benzene rings is 3. The molecule has 2 heterocycles. The second-order valence-electron chi connectivity index (χ2n) is 7.64. The molecule has 5 rings (SSSR count). The van der Waals surface area contributed by atoms with Gasteiger partial charge in [-0.25, -0.2) is 4.79 Å². The van der Waals surface area contributed by atoms with E-state index in [9.17, 15) is 4.79 Å². The van der Waals surface area contributed by atoms with Gasteiger partial charge in [0.1, 0.15) is 22.8 Å². The van der Waals surface area contributed by atoms with Crippen LogP contribution in [0.5, 0.6) is 17.2 Å². The van der Waals surface area contributed by atoms with Crippen molar-refractivity contribution in [1.82, 2.24) is 0 Å². The van der Waals surface area contributed by atoms with Crippen molar-refractivity contribution in [3.8, 4) is 17.2 Å². The lowest BCUT2D eigenvalue weighted by Gasteiger charge is -2.31. The summed E-state index contributed by atoms with van der Waals surface area (Å²) in [6.07, 6.45) is 1.81. The molecule has 156 valence electrons. The maximum Gasteiger partial charge on any atom is 0.336 e. The van der Waals surface area contributed by atoms with E-state index in [1.165, 1.54) is 0 Å². The quantitative estimate of drug-likeness (QED) is 0.382. The average Bonchev–Trinajstić information content (AvgIpc) is 2.80. The molecular formula is C26H23NO4. The molecule has 0 aliphatic carbocycles. The summed E-state index contributed by atoms with van der Waals surface area (Å²) in [7, 11) is 0. The van der Waals surface area contributed by atoms with E-state index in [1.807, 2.05) is 66.7 Å². The topological polar surface area (TPSA) is 51.9 Å². The molecule has 5 heteroatoms. The fourth-order valence-electron chi connectivity index (χ4n) is 3.99. The van der Waals surface area contributed by atoms with Gasteiger partial charge in [0.05, 0.1) is 12.1 Å². The first-order chi connectivity index (χ1) is 15.2. The normalized spacial score (nSPS) is 13.0. The third kappa shape index (κ3) is 3.87. The summed E-state index contributed by atoms with van der Waals surface area (Å²) in [5.74, 6) is 2.34. The second-order valence-corrected chi connectivity index (χ2v) is 7.64. The van der Waals surface area contributed by atoms with E-state index < -0.39 is 0 Å². The Balaban J connectivity index is 1.43. The molecule has 1 aliphatic heterocycles. The van der Waals surface area contributed by atoms with Gasteiger partial charge in [0.15, 0.2) is 6.73 Å². The van der Waals surface area contributed by atoms with Crippen LogP contribution in [0.1, 0.15) is 24.5 Å². The zero-order valence-electron chi connectivity index (χ0n) is 17.3. The number of anilines is 1. The third-order valence-corrected chi connectivity index (χ3v) is 5.48. The van der Waals surface area contributed by atoms with Crippen molar-refractivity contribution in [1.29, 1.82) is 0 Å². The largest absolute Gasteiger partial charge is 0.473 e. The highest BCUT2D eigenvalue weighted by Crippen LogP contribution is 2.35. The maximum absolute atomic E-state index is 12.2. The minimum atomic E-state index is -0.316. The standard InChI is InChI=1S/C26H23NO4/c1-2-6-18-15-25(28)31-26-22(18)13-14-24-23(26)16-27(17-29-24)19-9-11-21(12-10-19)30-20-7-4-3-5-8-20/h3-5,7-15H,2,6,16-17H2,1H3. The Morgan fingerprint density at radius 1 is 0.968 bits per heavy atom. The third-order valence-electron chi connectivity index (χ3n) is 5.48. The number of hydrogen-bond acceptors (Lipinski definition) is 5. The minimum Gasteiger partial charge on any atom is -0.473 e. The lowest BCUT2D eigenvalue weighted by Crippen LogP contribution is -2.32. The van der Waals surface area contributed by atoms with E-state index in [4.69, 9.17) is 13.9 Å². The number of nitrogens with zero attached hydrogens (tertiary/aromatic N) is 1. The molecule has 0 saturated heterocycles. The molecule has 0 amide bonds. The second kappa shape index (κ2) is 8.19. The van der Waals surface area contributed by atoms with Crippen LogP contribution >= 0.6 is 0 Å². The predicted molar refractivity (Wildman–Crippen MR) is 121 cm³/mol. The number of aryl methyl sites for hydroxylation is 1. The van der Waals surface area contributed by atoms with Crippen LogP contribution in [0, 0.1) is 0 Å². The Kier molecular flexibility index (Phi) is 5.08. The maximum atomic E-state index is 12.2. The van der Waals surface area contributed by atoms with Crippen LogP contribution in [0.3, 0.4) is 0 Å². The summed E-state index contributed by atoms with van der Waals surface area (Å²) in [4.78, 5) is 14.3. The number of hydrogen-bond donors (Lipinski definition) is 0. The molecule has 0 N–H and O–H groups in total. The van der Waals surface area contributed by atoms with E-state index in [2.05, 4.69) is 11.8 Å². The number of fused-ring (bicyclic) bond motifs is 3. The van der Waals surface area contributed by atoms with E-state index in [1.54, 1.807) is 6.07 Å². The Bertz CT molecular complexity index is 1260. The first-order valence-electron chi connectivity index (χ1n) is 10.5. The Morgan fingerprint density at radius 3 is 2.52 bits per heavy atom. The van der Waals surface area contributed by atoms with Crippen LogP contribution in [-0.4, -0.2) is 6.73 Å². The van der Waals surface area contributed by atoms with Gasteiger partial charge in [0, 0.05) is 17.1 Å². The summed E-state index contributed by atoms with van der Waals surface area (Å²) in [5.41, 5.74) is 3.25. The number of para-hydroxylation sites is 1. The molecule has 0 atom stereocenters. The van der Waals surface area contributed by atoms with Crippen molar-refractivity contribution >= 4 is 16.7 Å². The Morgan fingerprint density at radius 2 is 1.74 bits per heavy atom. The molecule has 1 aromatic heterocycles. The monoisotopic (exact) mass is 413 g/mol. The van der Waals surface area contributed by atoms with Crippen LogP contribution < -0.4 is 20.0 Å². The van der Waals surface area contributed by atoms with Crippen molar-refractivity contribution < 1.29 is 13.9 Å². The highest BCUT2D eigenvalue weighted by molar-refractivity contribution is 5.85. The van der Waals surface area contributed by atoms with E-state index in [0.29, 0.717) is 18.9 Å². The smallest absolute Gasteiger partial charge is 0.336 e. The number of rotatable bonds is 5. The molecule has 0 radical (unpaired) electrons. The van der Waals surface area contributed by atoms with Gasteiger partial charge in [0.25, 0.3) is 0 Å². The van der Waals surface area contributed by atoms with Gasteiger partial charge in [-0.3, -0.25) is 0 Å². The van der Waals surface area contributed by atoms with Gasteiger partial charge in [0.2, 0.25) is 0 Å². The molecule has 4 aromatic rings. The summed E-state index contributed by atoms with van der Waals surface area (Å²) in [6, 6.07) is 23.2. The molecule has 0 unspecified atom stereocenters. The van der Waals surface area contributed by atoms with Crippen LogP contribution in [0.15, 0.2) is 82.0 Å². The van der Waals surface area contributed by atoms with Crippen LogP contribution in [0.25, 0.3) is 11.0 Å². The average molecular weight is 413 g/mol. The van der Waals surface area contributed by atoms with E-state index in [-0.39, 0.29) is 5.63 Å². The number of ether oxygens (including phenoxy) is 2.